The van der Waals surface area contributed by atoms with Crippen LogP contribution >= 0.6 is 0 Å². The monoisotopic (exact) mass is 369 g/mol. The Kier molecular flexibility index (Phi) is 8.13. The van der Waals surface area contributed by atoms with Crippen LogP contribution in [0, 0.1) is 0 Å². The van der Waals surface area contributed by atoms with Crippen LogP contribution in [0.3, 0.4) is 0 Å². The zero-order valence-corrected chi connectivity index (χ0v) is 14.6. The third-order valence-electron chi connectivity index (χ3n) is 3.45. The van der Waals surface area contributed by atoms with Gasteiger partial charge in [-0.1, -0.05) is 6.07 Å². The number of carboxylic acids is 1. The second-order valence-electron chi connectivity index (χ2n) is 5.32. The summed E-state index contributed by atoms with van der Waals surface area (Å²) in [6, 6.07) is 3.87. The van der Waals surface area contributed by atoms with Gasteiger partial charge in [0.05, 0.1) is 38.6 Å². The highest BCUT2D eigenvalue weighted by Gasteiger charge is 2.28. The number of aliphatic carboxylic acids is 1. The maximum absolute atomic E-state index is 10.9. The number of ether oxygens (including phenoxy) is 5. The number of hydrogen-bond donors (Lipinski definition) is 2. The molecule has 0 spiro atoms. The van der Waals surface area contributed by atoms with E-state index >= 15 is 0 Å². The molecule has 0 aromatic heterocycles. The number of rotatable bonds is 12. The van der Waals surface area contributed by atoms with Crippen LogP contribution in [0.15, 0.2) is 23.2 Å². The molecule has 0 saturated carbocycles. The summed E-state index contributed by atoms with van der Waals surface area (Å²) in [4.78, 5) is 14.9. The number of phenols is 1. The molecular weight excluding hydrogens is 346 g/mol. The van der Waals surface area contributed by atoms with Gasteiger partial charge < -0.3 is 33.9 Å². The lowest BCUT2D eigenvalue weighted by atomic mass is 10.2. The maximum atomic E-state index is 10.9. The molecule has 0 bridgehead atoms. The van der Waals surface area contributed by atoms with E-state index in [9.17, 15) is 9.90 Å². The largest absolute Gasteiger partial charge is 0.504 e. The molecule has 0 aliphatic carbocycles. The van der Waals surface area contributed by atoms with Crippen LogP contribution in [0.2, 0.25) is 0 Å². The van der Waals surface area contributed by atoms with Crippen LogP contribution in [-0.2, 0) is 23.7 Å². The van der Waals surface area contributed by atoms with Gasteiger partial charge in [-0.15, -0.1) is 0 Å². The van der Waals surface area contributed by atoms with Gasteiger partial charge in [0, 0.05) is 7.11 Å². The van der Waals surface area contributed by atoms with Crippen LogP contribution in [-0.4, -0.2) is 81.5 Å². The molecule has 9 heteroatoms. The normalized spacial score (nSPS) is 16.2. The van der Waals surface area contributed by atoms with Gasteiger partial charge in [-0.25, -0.2) is 9.79 Å². The Hall–Kier alpha value is -2.36. The Morgan fingerprint density at radius 1 is 1.19 bits per heavy atom. The predicted octanol–water partition coefficient (Wildman–Crippen LogP) is 0.681. The summed E-state index contributed by atoms with van der Waals surface area (Å²) in [6.45, 7) is 2.46. The van der Waals surface area contributed by atoms with E-state index in [0.29, 0.717) is 38.6 Å². The number of para-hydroxylation sites is 1. The van der Waals surface area contributed by atoms with E-state index in [4.69, 9.17) is 28.8 Å². The van der Waals surface area contributed by atoms with Crippen LogP contribution < -0.4 is 4.74 Å². The number of phenolic OH excluding ortho intramolecular Hbond substituents is 1. The number of aromatic hydroxyl groups is 1. The average molecular weight is 369 g/mol. The Balaban J connectivity index is 1.77. The molecule has 9 nitrogen and oxygen atoms in total. The summed E-state index contributed by atoms with van der Waals surface area (Å²) in [7, 11) is 1.61. The molecule has 0 saturated heterocycles. The van der Waals surface area contributed by atoms with Crippen molar-refractivity contribution in [3.63, 3.8) is 0 Å². The highest BCUT2D eigenvalue weighted by molar-refractivity contribution is 6.00. The van der Waals surface area contributed by atoms with E-state index in [-0.39, 0.29) is 30.6 Å². The number of nitrogens with zero attached hydrogens (tertiary/aromatic N) is 1. The van der Waals surface area contributed by atoms with Crippen LogP contribution in [0.25, 0.3) is 0 Å². The molecular formula is C17H23NO8. The number of hydrogen-bond acceptors (Lipinski definition) is 8. The minimum atomic E-state index is -1.07. The average Bonchev–Trinajstić information content (AvgIpc) is 3.12. The van der Waals surface area contributed by atoms with Crippen molar-refractivity contribution in [3.8, 4) is 11.5 Å². The van der Waals surface area contributed by atoms with Gasteiger partial charge in [0.1, 0.15) is 13.2 Å². The molecule has 0 unspecified atom stereocenters. The summed E-state index contributed by atoms with van der Waals surface area (Å²) < 4.78 is 26.2. The molecule has 1 heterocycles. The standard InChI is InChI=1S/C17H23NO8/c1-22-5-6-23-7-8-24-9-10-25-14-4-2-3-12(15(14)19)16-18-13(11-26-16)17(20)21/h2-4,13,19H,5-11H2,1H3,(H,20,21)/t13-/m1/s1. The number of carboxylic acid groups (broad SMARTS) is 1. The predicted molar refractivity (Wildman–Crippen MR) is 91.0 cm³/mol. The van der Waals surface area contributed by atoms with Gasteiger partial charge >= 0.3 is 5.97 Å². The fraction of sp³-hybridized carbons (Fsp3) is 0.529. The third kappa shape index (κ3) is 5.87. The van der Waals surface area contributed by atoms with Crippen molar-refractivity contribution in [2.45, 2.75) is 6.04 Å². The van der Waals surface area contributed by atoms with Crippen molar-refractivity contribution < 1.29 is 38.7 Å². The molecule has 2 N–H and O–H groups in total. The fourth-order valence-corrected chi connectivity index (χ4v) is 2.13. The first-order valence-electron chi connectivity index (χ1n) is 8.16. The van der Waals surface area contributed by atoms with Gasteiger partial charge in [-0.3, -0.25) is 0 Å². The van der Waals surface area contributed by atoms with E-state index in [1.165, 1.54) is 0 Å². The fourth-order valence-electron chi connectivity index (χ4n) is 2.13. The molecule has 0 fully saturated rings. The van der Waals surface area contributed by atoms with E-state index < -0.39 is 12.0 Å². The highest BCUT2D eigenvalue weighted by Crippen LogP contribution is 2.31. The molecule has 26 heavy (non-hydrogen) atoms. The Labute approximate surface area is 151 Å². The van der Waals surface area contributed by atoms with Crippen LogP contribution in [0.5, 0.6) is 11.5 Å². The number of carbonyl (C=O) groups is 1. The summed E-state index contributed by atoms with van der Waals surface area (Å²) in [6.07, 6.45) is 0. The second-order valence-corrected chi connectivity index (χ2v) is 5.32. The van der Waals surface area contributed by atoms with Crippen molar-refractivity contribution in [2.24, 2.45) is 4.99 Å². The SMILES string of the molecule is COCCOCCOCCOc1cccc(C2=N[C@@H](C(=O)O)CO2)c1O. The van der Waals surface area contributed by atoms with E-state index in [1.54, 1.807) is 25.3 Å². The second kappa shape index (κ2) is 10.6. The Morgan fingerprint density at radius 3 is 2.54 bits per heavy atom. The van der Waals surface area contributed by atoms with Gasteiger partial charge in [0.2, 0.25) is 5.90 Å². The first-order chi connectivity index (χ1) is 12.6. The maximum Gasteiger partial charge on any atom is 0.332 e. The van der Waals surface area contributed by atoms with E-state index in [0.717, 1.165) is 0 Å². The smallest absolute Gasteiger partial charge is 0.332 e. The quantitative estimate of drug-likeness (QED) is 0.517. The topological polar surface area (TPSA) is 116 Å². The molecule has 1 aliphatic rings. The molecule has 1 atom stereocenters. The number of benzene rings is 1. The van der Waals surface area contributed by atoms with Gasteiger partial charge in [0.15, 0.2) is 17.5 Å². The highest BCUT2D eigenvalue weighted by atomic mass is 16.6. The van der Waals surface area contributed by atoms with E-state index in [2.05, 4.69) is 4.99 Å². The minimum Gasteiger partial charge on any atom is -0.504 e. The molecule has 0 radical (unpaired) electrons. The van der Waals surface area contributed by atoms with Crippen molar-refractivity contribution in [2.75, 3.05) is 53.4 Å². The van der Waals surface area contributed by atoms with Crippen molar-refractivity contribution in [3.05, 3.63) is 23.8 Å². The first-order valence-corrected chi connectivity index (χ1v) is 8.16. The molecule has 1 aromatic rings. The Morgan fingerprint density at radius 2 is 1.88 bits per heavy atom. The van der Waals surface area contributed by atoms with Crippen molar-refractivity contribution in [1.82, 2.24) is 0 Å². The lowest BCUT2D eigenvalue weighted by Crippen LogP contribution is -2.18. The summed E-state index contributed by atoms with van der Waals surface area (Å²) in [5, 5.41) is 19.2. The van der Waals surface area contributed by atoms with Crippen LogP contribution in [0.1, 0.15) is 5.56 Å². The minimum absolute atomic E-state index is 0.0600. The first kappa shape index (κ1) is 20.0. The third-order valence-corrected chi connectivity index (χ3v) is 3.45. The summed E-state index contributed by atoms with van der Waals surface area (Å²) in [5.74, 6) is -0.896. The Bertz CT molecular complexity index is 619. The lowest BCUT2D eigenvalue weighted by Gasteiger charge is -2.11. The van der Waals surface area contributed by atoms with Crippen LogP contribution in [0.4, 0.5) is 0 Å². The zero-order chi connectivity index (χ0) is 18.8. The zero-order valence-electron chi connectivity index (χ0n) is 14.6. The van der Waals surface area contributed by atoms with Crippen molar-refractivity contribution >= 4 is 11.9 Å². The molecule has 2 rings (SSSR count). The number of methoxy groups -OCH3 is 1. The molecule has 1 aromatic carbocycles. The van der Waals surface area contributed by atoms with Gasteiger partial charge in [-0.05, 0) is 12.1 Å². The number of aliphatic imine (C=N–C) groups is 1. The summed E-state index contributed by atoms with van der Waals surface area (Å²) >= 11 is 0. The van der Waals surface area contributed by atoms with Crippen molar-refractivity contribution in [1.29, 1.82) is 0 Å². The molecule has 144 valence electrons. The van der Waals surface area contributed by atoms with Gasteiger partial charge in [-0.2, -0.15) is 0 Å². The summed E-state index contributed by atoms with van der Waals surface area (Å²) in [5.41, 5.74) is 0.290. The van der Waals surface area contributed by atoms with Gasteiger partial charge in [0.25, 0.3) is 0 Å². The molecule has 0 amide bonds. The lowest BCUT2D eigenvalue weighted by molar-refractivity contribution is -0.138. The van der Waals surface area contributed by atoms with E-state index in [1.807, 2.05) is 0 Å². The molecule has 1 aliphatic heterocycles.